The first kappa shape index (κ1) is 8.29. The standard InChI is InChI=1S/C9H12N2O2/c12-7-5-10-9(11-6-7)13-8-3-1-2-4-8/h5-6,8,12H,1-4H2. The SMILES string of the molecule is Oc1cnc(OC2CCCC2)nc1. The predicted octanol–water partition coefficient (Wildman–Crippen LogP) is 1.50. The fraction of sp³-hybridized carbons (Fsp3) is 0.556. The molecule has 0 unspecified atom stereocenters. The van der Waals surface area contributed by atoms with Gasteiger partial charge >= 0.3 is 6.01 Å². The van der Waals surface area contributed by atoms with Crippen LogP contribution in [0.3, 0.4) is 0 Å². The average Bonchev–Trinajstić information content (AvgIpc) is 2.62. The van der Waals surface area contributed by atoms with Crippen molar-refractivity contribution in [3.63, 3.8) is 0 Å². The highest BCUT2D eigenvalue weighted by atomic mass is 16.5. The van der Waals surface area contributed by atoms with Crippen molar-refractivity contribution in [2.75, 3.05) is 0 Å². The van der Waals surface area contributed by atoms with Crippen molar-refractivity contribution in [2.24, 2.45) is 0 Å². The van der Waals surface area contributed by atoms with Gasteiger partial charge in [0.2, 0.25) is 0 Å². The topological polar surface area (TPSA) is 55.2 Å². The molecule has 0 spiro atoms. The quantitative estimate of drug-likeness (QED) is 0.749. The molecule has 0 aromatic carbocycles. The van der Waals surface area contributed by atoms with Gasteiger partial charge in [0, 0.05) is 0 Å². The third-order valence-corrected chi connectivity index (χ3v) is 2.19. The molecule has 0 radical (unpaired) electrons. The van der Waals surface area contributed by atoms with Crippen molar-refractivity contribution in [1.29, 1.82) is 0 Å². The Morgan fingerprint density at radius 2 is 1.85 bits per heavy atom. The third-order valence-electron chi connectivity index (χ3n) is 2.19. The van der Waals surface area contributed by atoms with Gasteiger partial charge in [0.15, 0.2) is 5.75 Å². The molecule has 1 saturated carbocycles. The lowest BCUT2D eigenvalue weighted by atomic mass is 10.3. The minimum Gasteiger partial charge on any atom is -0.505 e. The fourth-order valence-corrected chi connectivity index (χ4v) is 1.53. The van der Waals surface area contributed by atoms with Gasteiger partial charge in [-0.3, -0.25) is 0 Å². The van der Waals surface area contributed by atoms with Crippen molar-refractivity contribution in [3.05, 3.63) is 12.4 Å². The van der Waals surface area contributed by atoms with E-state index in [-0.39, 0.29) is 11.9 Å². The second-order valence-corrected chi connectivity index (χ2v) is 3.25. The van der Waals surface area contributed by atoms with Crippen LogP contribution in [0.4, 0.5) is 0 Å². The summed E-state index contributed by atoms with van der Waals surface area (Å²) in [5, 5.41) is 8.94. The van der Waals surface area contributed by atoms with Gasteiger partial charge in [-0.05, 0) is 25.7 Å². The van der Waals surface area contributed by atoms with Crippen LogP contribution in [0.5, 0.6) is 11.8 Å². The van der Waals surface area contributed by atoms with Crippen LogP contribution in [-0.2, 0) is 0 Å². The smallest absolute Gasteiger partial charge is 0.316 e. The maximum atomic E-state index is 8.94. The zero-order valence-corrected chi connectivity index (χ0v) is 7.31. The summed E-state index contributed by atoms with van der Waals surface area (Å²) >= 11 is 0. The molecule has 13 heavy (non-hydrogen) atoms. The van der Waals surface area contributed by atoms with Gasteiger partial charge in [0.1, 0.15) is 6.10 Å². The summed E-state index contributed by atoms with van der Waals surface area (Å²) in [5.41, 5.74) is 0. The second kappa shape index (κ2) is 3.60. The van der Waals surface area contributed by atoms with E-state index in [1.807, 2.05) is 0 Å². The Morgan fingerprint density at radius 1 is 1.23 bits per heavy atom. The molecule has 0 amide bonds. The summed E-state index contributed by atoms with van der Waals surface area (Å²) in [7, 11) is 0. The molecule has 0 aliphatic heterocycles. The van der Waals surface area contributed by atoms with E-state index in [1.54, 1.807) is 0 Å². The van der Waals surface area contributed by atoms with E-state index in [0.717, 1.165) is 12.8 Å². The van der Waals surface area contributed by atoms with Gasteiger partial charge in [-0.15, -0.1) is 0 Å². The highest BCUT2D eigenvalue weighted by molar-refractivity contribution is 5.11. The predicted molar refractivity (Wildman–Crippen MR) is 46.6 cm³/mol. The minimum absolute atomic E-state index is 0.0683. The zero-order chi connectivity index (χ0) is 9.10. The molecule has 70 valence electrons. The number of ether oxygens (including phenoxy) is 1. The monoisotopic (exact) mass is 180 g/mol. The van der Waals surface area contributed by atoms with Crippen LogP contribution in [0, 0.1) is 0 Å². The third kappa shape index (κ3) is 2.08. The van der Waals surface area contributed by atoms with Crippen molar-refractivity contribution in [1.82, 2.24) is 9.97 Å². The first-order valence-corrected chi connectivity index (χ1v) is 4.52. The van der Waals surface area contributed by atoms with Crippen LogP contribution < -0.4 is 4.74 Å². The Hall–Kier alpha value is -1.32. The van der Waals surface area contributed by atoms with E-state index in [9.17, 15) is 0 Å². The Labute approximate surface area is 76.6 Å². The number of rotatable bonds is 2. The van der Waals surface area contributed by atoms with Gasteiger partial charge in [0.05, 0.1) is 12.4 Å². The number of aromatic hydroxyl groups is 1. The molecule has 1 N–H and O–H groups in total. The minimum atomic E-state index is 0.0683. The maximum Gasteiger partial charge on any atom is 0.316 e. The van der Waals surface area contributed by atoms with Gasteiger partial charge in [-0.25, -0.2) is 0 Å². The van der Waals surface area contributed by atoms with Crippen LogP contribution in [0.25, 0.3) is 0 Å². The molecule has 1 aliphatic rings. The number of hydrogen-bond acceptors (Lipinski definition) is 4. The summed E-state index contributed by atoms with van der Waals surface area (Å²) in [6.07, 6.45) is 7.58. The van der Waals surface area contributed by atoms with Crippen molar-refractivity contribution in [2.45, 2.75) is 31.8 Å². The Bertz CT molecular complexity index is 267. The number of aromatic nitrogens is 2. The Morgan fingerprint density at radius 3 is 2.46 bits per heavy atom. The van der Waals surface area contributed by atoms with Crippen molar-refractivity contribution in [3.8, 4) is 11.8 Å². The summed E-state index contributed by atoms with van der Waals surface area (Å²) in [6, 6.07) is 0.365. The number of hydrogen-bond donors (Lipinski definition) is 1. The zero-order valence-electron chi connectivity index (χ0n) is 7.31. The molecule has 1 aromatic heterocycles. The lowest BCUT2D eigenvalue weighted by molar-refractivity contribution is 0.191. The van der Waals surface area contributed by atoms with Crippen LogP contribution in [-0.4, -0.2) is 21.2 Å². The summed E-state index contributed by atoms with van der Waals surface area (Å²) in [4.78, 5) is 7.72. The van der Waals surface area contributed by atoms with E-state index in [2.05, 4.69) is 9.97 Å². The highest BCUT2D eigenvalue weighted by Crippen LogP contribution is 2.22. The molecule has 0 saturated heterocycles. The highest BCUT2D eigenvalue weighted by Gasteiger charge is 2.17. The van der Waals surface area contributed by atoms with E-state index in [4.69, 9.17) is 9.84 Å². The van der Waals surface area contributed by atoms with E-state index in [0.29, 0.717) is 6.01 Å². The first-order chi connectivity index (χ1) is 6.34. The first-order valence-electron chi connectivity index (χ1n) is 4.52. The van der Waals surface area contributed by atoms with Gasteiger partial charge in [-0.2, -0.15) is 9.97 Å². The second-order valence-electron chi connectivity index (χ2n) is 3.25. The average molecular weight is 180 g/mol. The summed E-state index contributed by atoms with van der Waals surface area (Å²) in [6.45, 7) is 0. The molecular weight excluding hydrogens is 168 g/mol. The van der Waals surface area contributed by atoms with Crippen molar-refractivity contribution >= 4 is 0 Å². The Kier molecular flexibility index (Phi) is 2.29. The van der Waals surface area contributed by atoms with Crippen LogP contribution >= 0.6 is 0 Å². The number of nitrogens with zero attached hydrogens (tertiary/aromatic N) is 2. The van der Waals surface area contributed by atoms with E-state index in [1.165, 1.54) is 25.2 Å². The van der Waals surface area contributed by atoms with Gasteiger partial charge in [0.25, 0.3) is 0 Å². The largest absolute Gasteiger partial charge is 0.505 e. The van der Waals surface area contributed by atoms with E-state index >= 15 is 0 Å². The molecule has 1 heterocycles. The van der Waals surface area contributed by atoms with Crippen LogP contribution in [0.1, 0.15) is 25.7 Å². The fourth-order valence-electron chi connectivity index (χ4n) is 1.53. The molecular formula is C9H12N2O2. The molecule has 1 aliphatic carbocycles. The molecule has 1 aromatic rings. The van der Waals surface area contributed by atoms with Gasteiger partial charge < -0.3 is 9.84 Å². The Balaban J connectivity index is 1.97. The lowest BCUT2D eigenvalue weighted by Gasteiger charge is -2.09. The maximum absolute atomic E-state index is 8.94. The van der Waals surface area contributed by atoms with Crippen LogP contribution in [0.15, 0.2) is 12.4 Å². The molecule has 1 fully saturated rings. The molecule has 4 heteroatoms. The van der Waals surface area contributed by atoms with E-state index < -0.39 is 0 Å². The lowest BCUT2D eigenvalue weighted by Crippen LogP contribution is -2.12. The molecule has 0 bridgehead atoms. The summed E-state index contributed by atoms with van der Waals surface area (Å²) < 4.78 is 5.50. The van der Waals surface area contributed by atoms with Gasteiger partial charge in [-0.1, -0.05) is 0 Å². The van der Waals surface area contributed by atoms with Crippen LogP contribution in [0.2, 0.25) is 0 Å². The molecule has 4 nitrogen and oxygen atoms in total. The summed E-state index contributed by atoms with van der Waals surface area (Å²) in [5.74, 6) is 0.0683. The van der Waals surface area contributed by atoms with Crippen molar-refractivity contribution < 1.29 is 9.84 Å². The molecule has 2 rings (SSSR count). The molecule has 0 atom stereocenters. The normalized spacial score (nSPS) is 17.5.